The molecule has 0 aliphatic carbocycles. The fourth-order valence-electron chi connectivity index (χ4n) is 1.72. The second-order valence-electron chi connectivity index (χ2n) is 5.49. The molecule has 0 spiro atoms. The Kier molecular flexibility index (Phi) is 4.71. The van der Waals surface area contributed by atoms with Crippen LogP contribution in [0, 0.1) is 0 Å². The summed E-state index contributed by atoms with van der Waals surface area (Å²) in [6.45, 7) is 8.01. The van der Waals surface area contributed by atoms with Gasteiger partial charge in [0.2, 0.25) is 0 Å². The summed E-state index contributed by atoms with van der Waals surface area (Å²) in [5.41, 5.74) is 3.85. The maximum Gasteiger partial charge on any atom is 0.175 e. The first-order valence-corrected chi connectivity index (χ1v) is 7.24. The van der Waals surface area contributed by atoms with Crippen LogP contribution in [-0.4, -0.2) is 18.8 Å². The molecule has 1 aliphatic rings. The third kappa shape index (κ3) is 4.37. The Morgan fingerprint density at radius 3 is 2.74 bits per heavy atom. The Morgan fingerprint density at radius 2 is 2.00 bits per heavy atom. The Labute approximate surface area is 122 Å². The topological polar surface area (TPSA) is 39.7 Å². The number of halogens is 1. The van der Waals surface area contributed by atoms with Crippen LogP contribution in [-0.2, 0) is 11.4 Å². The first-order chi connectivity index (χ1) is 8.96. The highest BCUT2D eigenvalue weighted by Gasteiger charge is 2.16. The number of fused-ring (bicyclic) bond motifs is 1. The minimum Gasteiger partial charge on any atom is -0.490 e. The van der Waals surface area contributed by atoms with Crippen molar-refractivity contribution in [3.05, 3.63) is 22.2 Å². The van der Waals surface area contributed by atoms with E-state index in [2.05, 4.69) is 21.4 Å². The zero-order valence-corrected chi connectivity index (χ0v) is 13.2. The van der Waals surface area contributed by atoms with Crippen LogP contribution in [0.5, 0.6) is 11.5 Å². The van der Waals surface area contributed by atoms with E-state index in [1.165, 1.54) is 0 Å². The van der Waals surface area contributed by atoms with Gasteiger partial charge in [-0.3, -0.25) is 4.84 Å². The molecule has 1 aromatic rings. The molecule has 0 atom stereocenters. The monoisotopic (exact) mass is 329 g/mol. The zero-order valence-electron chi connectivity index (χ0n) is 11.6. The molecule has 0 saturated carbocycles. The van der Waals surface area contributed by atoms with Crippen molar-refractivity contribution in [3.8, 4) is 11.5 Å². The summed E-state index contributed by atoms with van der Waals surface area (Å²) in [5, 5.41) is 0. The molecule has 0 unspecified atom stereocenters. The van der Waals surface area contributed by atoms with Crippen LogP contribution >= 0.6 is 15.9 Å². The SMILES string of the molecule is CC(C)(C)ONCc1cc(Br)c2c(c1)OCCCO2. The molecule has 0 amide bonds. The summed E-state index contributed by atoms with van der Waals surface area (Å²) in [5.74, 6) is 1.58. The average Bonchev–Trinajstić information content (AvgIpc) is 2.52. The van der Waals surface area contributed by atoms with Gasteiger partial charge in [0.25, 0.3) is 0 Å². The van der Waals surface area contributed by atoms with Crippen molar-refractivity contribution in [1.29, 1.82) is 0 Å². The largest absolute Gasteiger partial charge is 0.490 e. The zero-order chi connectivity index (χ0) is 13.9. The molecular weight excluding hydrogens is 310 g/mol. The number of hydroxylamine groups is 1. The second kappa shape index (κ2) is 6.11. The van der Waals surface area contributed by atoms with Gasteiger partial charge in [-0.1, -0.05) is 0 Å². The normalized spacial score (nSPS) is 15.2. The van der Waals surface area contributed by atoms with E-state index in [1.54, 1.807) is 0 Å². The van der Waals surface area contributed by atoms with Gasteiger partial charge in [-0.2, -0.15) is 5.48 Å². The van der Waals surface area contributed by atoms with Crippen LogP contribution in [0.2, 0.25) is 0 Å². The van der Waals surface area contributed by atoms with Crippen molar-refractivity contribution < 1.29 is 14.3 Å². The molecule has 0 bridgehead atoms. The van der Waals surface area contributed by atoms with Crippen molar-refractivity contribution in [1.82, 2.24) is 5.48 Å². The lowest BCUT2D eigenvalue weighted by molar-refractivity contribution is -0.0757. The smallest absolute Gasteiger partial charge is 0.175 e. The molecule has 1 heterocycles. The molecule has 0 fully saturated rings. The number of benzene rings is 1. The van der Waals surface area contributed by atoms with E-state index in [4.69, 9.17) is 14.3 Å². The Balaban J connectivity index is 2.06. The van der Waals surface area contributed by atoms with Crippen LogP contribution in [0.3, 0.4) is 0 Å². The lowest BCUT2D eigenvalue weighted by Gasteiger charge is -2.19. The summed E-state index contributed by atoms with van der Waals surface area (Å²) in [6, 6.07) is 4.01. The molecule has 0 aromatic heterocycles. The van der Waals surface area contributed by atoms with Crippen LogP contribution in [0.4, 0.5) is 0 Å². The van der Waals surface area contributed by atoms with E-state index >= 15 is 0 Å². The predicted molar refractivity (Wildman–Crippen MR) is 77.4 cm³/mol. The minimum atomic E-state index is -0.206. The van der Waals surface area contributed by atoms with Crippen molar-refractivity contribution in [2.45, 2.75) is 39.3 Å². The van der Waals surface area contributed by atoms with E-state index in [1.807, 2.05) is 32.9 Å². The quantitative estimate of drug-likeness (QED) is 0.862. The summed E-state index contributed by atoms with van der Waals surface area (Å²) in [4.78, 5) is 5.50. The predicted octanol–water partition coefficient (Wildman–Crippen LogP) is 3.43. The first kappa shape index (κ1) is 14.6. The van der Waals surface area contributed by atoms with Gasteiger partial charge in [0.15, 0.2) is 11.5 Å². The van der Waals surface area contributed by atoms with E-state index in [0.29, 0.717) is 19.8 Å². The molecule has 2 rings (SSSR count). The van der Waals surface area contributed by atoms with Crippen LogP contribution in [0.25, 0.3) is 0 Å². The van der Waals surface area contributed by atoms with E-state index in [9.17, 15) is 0 Å². The number of rotatable bonds is 3. The van der Waals surface area contributed by atoms with Gasteiger partial charge in [-0.05, 0) is 54.4 Å². The van der Waals surface area contributed by atoms with Crippen molar-refractivity contribution in [2.24, 2.45) is 0 Å². The van der Waals surface area contributed by atoms with Gasteiger partial charge < -0.3 is 9.47 Å². The maximum atomic E-state index is 5.69. The van der Waals surface area contributed by atoms with E-state index < -0.39 is 0 Å². The highest BCUT2D eigenvalue weighted by atomic mass is 79.9. The molecule has 1 aliphatic heterocycles. The van der Waals surface area contributed by atoms with Gasteiger partial charge in [-0.25, -0.2) is 0 Å². The summed E-state index contributed by atoms with van der Waals surface area (Å²) in [7, 11) is 0. The van der Waals surface area contributed by atoms with Gasteiger partial charge in [0, 0.05) is 13.0 Å². The number of nitrogens with one attached hydrogen (secondary N) is 1. The standard InChI is InChI=1S/C14H20BrNO3/c1-14(2,3)19-16-9-10-7-11(15)13-12(8-10)17-5-4-6-18-13/h7-8,16H,4-6,9H2,1-3H3. The van der Waals surface area contributed by atoms with E-state index in [-0.39, 0.29) is 5.60 Å². The van der Waals surface area contributed by atoms with Crippen LogP contribution < -0.4 is 15.0 Å². The van der Waals surface area contributed by atoms with Crippen LogP contribution in [0.1, 0.15) is 32.8 Å². The molecule has 19 heavy (non-hydrogen) atoms. The Bertz CT molecular complexity index is 443. The van der Waals surface area contributed by atoms with Crippen molar-refractivity contribution in [3.63, 3.8) is 0 Å². The minimum absolute atomic E-state index is 0.206. The number of hydrogen-bond donors (Lipinski definition) is 1. The summed E-state index contributed by atoms with van der Waals surface area (Å²) >= 11 is 3.53. The fourth-order valence-corrected chi connectivity index (χ4v) is 2.33. The molecule has 5 heteroatoms. The third-order valence-electron chi connectivity index (χ3n) is 2.52. The van der Waals surface area contributed by atoms with E-state index in [0.717, 1.165) is 28.0 Å². The first-order valence-electron chi connectivity index (χ1n) is 6.44. The van der Waals surface area contributed by atoms with Gasteiger partial charge >= 0.3 is 0 Å². The van der Waals surface area contributed by atoms with Gasteiger partial charge in [0.05, 0.1) is 23.3 Å². The molecular formula is C14H20BrNO3. The highest BCUT2D eigenvalue weighted by molar-refractivity contribution is 9.10. The van der Waals surface area contributed by atoms with Crippen LogP contribution in [0.15, 0.2) is 16.6 Å². The molecule has 4 nitrogen and oxygen atoms in total. The third-order valence-corrected chi connectivity index (χ3v) is 3.11. The second-order valence-corrected chi connectivity index (χ2v) is 6.35. The lowest BCUT2D eigenvalue weighted by Crippen LogP contribution is -2.28. The molecule has 1 aromatic carbocycles. The molecule has 106 valence electrons. The Morgan fingerprint density at radius 1 is 1.26 bits per heavy atom. The average molecular weight is 330 g/mol. The van der Waals surface area contributed by atoms with Gasteiger partial charge in [0.1, 0.15) is 0 Å². The lowest BCUT2D eigenvalue weighted by atomic mass is 10.2. The number of hydrogen-bond acceptors (Lipinski definition) is 4. The molecule has 0 radical (unpaired) electrons. The van der Waals surface area contributed by atoms with Gasteiger partial charge in [-0.15, -0.1) is 0 Å². The summed E-state index contributed by atoms with van der Waals surface area (Å²) < 4.78 is 12.3. The molecule has 0 saturated heterocycles. The highest BCUT2D eigenvalue weighted by Crippen LogP contribution is 2.38. The molecule has 1 N–H and O–H groups in total. The summed E-state index contributed by atoms with van der Waals surface area (Å²) in [6.07, 6.45) is 0.905. The fraction of sp³-hybridized carbons (Fsp3) is 0.571. The Hall–Kier alpha value is -0.780. The van der Waals surface area contributed by atoms with Crippen molar-refractivity contribution >= 4 is 15.9 Å². The number of ether oxygens (including phenoxy) is 2. The van der Waals surface area contributed by atoms with Crippen molar-refractivity contribution in [2.75, 3.05) is 13.2 Å². The maximum absolute atomic E-state index is 5.69.